The molecule has 0 spiro atoms. The van der Waals surface area contributed by atoms with Crippen LogP contribution >= 0.6 is 0 Å². The van der Waals surface area contributed by atoms with E-state index < -0.39 is 23.6 Å². The summed E-state index contributed by atoms with van der Waals surface area (Å²) in [5.74, 6) is -2.28. The molecule has 2 amide bonds. The number of carbonyl (C=O) groups excluding carboxylic acids is 2. The van der Waals surface area contributed by atoms with Gasteiger partial charge in [0.1, 0.15) is 11.6 Å². The van der Waals surface area contributed by atoms with E-state index in [0.29, 0.717) is 32.0 Å². The number of amides is 2. The average Bonchev–Trinajstić information content (AvgIpc) is 2.53. The number of hydrogen-bond donors (Lipinski definition) is 2. The van der Waals surface area contributed by atoms with Gasteiger partial charge in [-0.25, -0.2) is 8.78 Å². The Hall–Kier alpha value is -2.02. The maximum atomic E-state index is 13.7. The van der Waals surface area contributed by atoms with Crippen LogP contribution in [-0.4, -0.2) is 41.9 Å². The highest BCUT2D eigenvalue weighted by atomic mass is 19.1. The Bertz CT molecular complexity index is 650. The number of likely N-dealkylation sites (tertiary alicyclic amines) is 1. The minimum absolute atomic E-state index is 0.0955. The molecule has 0 radical (unpaired) electrons. The van der Waals surface area contributed by atoms with Crippen LogP contribution in [0.5, 0.6) is 0 Å². The summed E-state index contributed by atoms with van der Waals surface area (Å²) in [5.41, 5.74) is 5.51. The largest absolute Gasteiger partial charge is 0.349 e. The van der Waals surface area contributed by atoms with Gasteiger partial charge in [0, 0.05) is 25.2 Å². The van der Waals surface area contributed by atoms with Crippen LogP contribution in [0.4, 0.5) is 8.78 Å². The van der Waals surface area contributed by atoms with Gasteiger partial charge in [0.15, 0.2) is 0 Å². The molecular formula is C18H25F2N3O2. The predicted octanol–water partition coefficient (Wildman–Crippen LogP) is 2.06. The highest BCUT2D eigenvalue weighted by molar-refractivity contribution is 5.94. The first-order valence-electron chi connectivity index (χ1n) is 8.40. The molecule has 2 rings (SSSR count). The molecule has 1 aliphatic heterocycles. The first kappa shape index (κ1) is 19.3. The van der Waals surface area contributed by atoms with E-state index in [9.17, 15) is 18.4 Å². The molecule has 7 heteroatoms. The normalized spacial score (nSPS) is 17.3. The zero-order chi connectivity index (χ0) is 18.8. The highest BCUT2D eigenvalue weighted by Gasteiger charge is 2.33. The molecule has 1 atom stereocenters. The summed E-state index contributed by atoms with van der Waals surface area (Å²) >= 11 is 0. The summed E-state index contributed by atoms with van der Waals surface area (Å²) in [6, 6.07) is 2.12. The van der Waals surface area contributed by atoms with E-state index in [2.05, 4.69) is 5.32 Å². The summed E-state index contributed by atoms with van der Waals surface area (Å²) in [7, 11) is 0. The molecule has 5 nitrogen and oxygen atoms in total. The van der Waals surface area contributed by atoms with E-state index in [0.717, 1.165) is 12.1 Å². The van der Waals surface area contributed by atoms with Gasteiger partial charge in [-0.05, 0) is 30.4 Å². The zero-order valence-electron chi connectivity index (χ0n) is 14.8. The second kappa shape index (κ2) is 7.47. The molecular weight excluding hydrogens is 328 g/mol. The second-order valence-electron chi connectivity index (χ2n) is 7.54. The lowest BCUT2D eigenvalue weighted by molar-refractivity contribution is -0.136. The summed E-state index contributed by atoms with van der Waals surface area (Å²) in [4.78, 5) is 26.2. The summed E-state index contributed by atoms with van der Waals surface area (Å²) in [5, 5.41) is 2.74. The third kappa shape index (κ3) is 4.75. The molecule has 0 aromatic heterocycles. The van der Waals surface area contributed by atoms with Crippen molar-refractivity contribution < 1.29 is 18.4 Å². The number of rotatable bonds is 3. The molecule has 0 bridgehead atoms. The van der Waals surface area contributed by atoms with E-state index in [1.165, 1.54) is 0 Å². The lowest BCUT2D eigenvalue weighted by atomic mass is 9.86. The fourth-order valence-corrected chi connectivity index (χ4v) is 2.75. The Kier molecular flexibility index (Phi) is 5.77. The van der Waals surface area contributed by atoms with Crippen LogP contribution in [0.15, 0.2) is 18.2 Å². The van der Waals surface area contributed by atoms with Gasteiger partial charge in [0.2, 0.25) is 5.91 Å². The van der Waals surface area contributed by atoms with Gasteiger partial charge in [0.25, 0.3) is 5.91 Å². The third-order valence-corrected chi connectivity index (χ3v) is 4.52. The van der Waals surface area contributed by atoms with Crippen molar-refractivity contribution in [1.82, 2.24) is 10.2 Å². The van der Waals surface area contributed by atoms with E-state index in [-0.39, 0.29) is 22.9 Å². The van der Waals surface area contributed by atoms with Crippen LogP contribution in [0.25, 0.3) is 0 Å². The first-order chi connectivity index (χ1) is 11.6. The average molecular weight is 353 g/mol. The Balaban J connectivity index is 1.90. The smallest absolute Gasteiger partial charge is 0.254 e. The number of hydrogen-bond acceptors (Lipinski definition) is 3. The van der Waals surface area contributed by atoms with Crippen molar-refractivity contribution in [3.8, 4) is 0 Å². The lowest BCUT2D eigenvalue weighted by Crippen LogP contribution is -2.54. The molecule has 1 saturated heterocycles. The molecule has 0 aliphatic carbocycles. The number of carbonyl (C=O) groups is 2. The van der Waals surface area contributed by atoms with Crippen LogP contribution in [-0.2, 0) is 4.79 Å². The molecule has 1 aromatic rings. The van der Waals surface area contributed by atoms with Gasteiger partial charge in [-0.3, -0.25) is 9.59 Å². The zero-order valence-corrected chi connectivity index (χ0v) is 14.8. The van der Waals surface area contributed by atoms with Crippen molar-refractivity contribution in [2.45, 2.75) is 45.7 Å². The van der Waals surface area contributed by atoms with E-state index >= 15 is 0 Å². The fraction of sp³-hybridized carbons (Fsp3) is 0.556. The minimum atomic E-state index is -0.888. The quantitative estimate of drug-likeness (QED) is 0.873. The maximum absolute atomic E-state index is 13.7. The summed E-state index contributed by atoms with van der Waals surface area (Å²) in [6.45, 7) is 6.72. The number of benzene rings is 1. The van der Waals surface area contributed by atoms with Gasteiger partial charge >= 0.3 is 0 Å². The molecule has 0 unspecified atom stereocenters. The van der Waals surface area contributed by atoms with E-state index in [4.69, 9.17) is 5.73 Å². The van der Waals surface area contributed by atoms with Crippen LogP contribution in [0, 0.1) is 17.0 Å². The van der Waals surface area contributed by atoms with Crippen molar-refractivity contribution in [2.75, 3.05) is 13.1 Å². The van der Waals surface area contributed by atoms with Gasteiger partial charge in [-0.2, -0.15) is 0 Å². The summed E-state index contributed by atoms with van der Waals surface area (Å²) < 4.78 is 26.6. The summed E-state index contributed by atoms with van der Waals surface area (Å²) in [6.07, 6.45) is 1.13. The van der Waals surface area contributed by atoms with Crippen molar-refractivity contribution in [3.63, 3.8) is 0 Å². The van der Waals surface area contributed by atoms with Gasteiger partial charge < -0.3 is 16.0 Å². The van der Waals surface area contributed by atoms with Gasteiger partial charge in [-0.15, -0.1) is 0 Å². The molecule has 0 saturated carbocycles. The fourth-order valence-electron chi connectivity index (χ4n) is 2.75. The van der Waals surface area contributed by atoms with Gasteiger partial charge in [-0.1, -0.05) is 20.8 Å². The standard InChI is InChI=1S/C18H25F2N3O2/c1-18(2,3)15(21)17(25)23-8-6-12(7-9-23)22-16(24)13-5-4-11(19)10-14(13)20/h4-5,10,12,15H,6-9,21H2,1-3H3,(H,22,24)/t15-/m1/s1. The Morgan fingerprint density at radius 1 is 1.24 bits per heavy atom. The molecule has 138 valence electrons. The molecule has 1 fully saturated rings. The molecule has 1 aromatic carbocycles. The van der Waals surface area contributed by atoms with Crippen molar-refractivity contribution in [2.24, 2.45) is 11.1 Å². The SMILES string of the molecule is CC(C)(C)[C@H](N)C(=O)N1CCC(NC(=O)c2ccc(F)cc2F)CC1. The van der Waals surface area contributed by atoms with Crippen LogP contribution < -0.4 is 11.1 Å². The number of halogens is 2. The van der Waals surface area contributed by atoms with Crippen molar-refractivity contribution in [3.05, 3.63) is 35.4 Å². The van der Waals surface area contributed by atoms with E-state index in [1.807, 2.05) is 20.8 Å². The highest BCUT2D eigenvalue weighted by Crippen LogP contribution is 2.21. The van der Waals surface area contributed by atoms with Crippen LogP contribution in [0.1, 0.15) is 44.0 Å². The number of piperidine rings is 1. The second-order valence-corrected chi connectivity index (χ2v) is 7.54. The third-order valence-electron chi connectivity index (χ3n) is 4.52. The molecule has 25 heavy (non-hydrogen) atoms. The van der Waals surface area contributed by atoms with Crippen LogP contribution in [0.2, 0.25) is 0 Å². The Morgan fingerprint density at radius 2 is 1.84 bits per heavy atom. The predicted molar refractivity (Wildman–Crippen MR) is 90.9 cm³/mol. The number of nitrogens with zero attached hydrogens (tertiary/aromatic N) is 1. The molecule has 3 N–H and O–H groups in total. The Labute approximate surface area is 146 Å². The topological polar surface area (TPSA) is 75.4 Å². The van der Waals surface area contributed by atoms with E-state index in [1.54, 1.807) is 4.90 Å². The van der Waals surface area contributed by atoms with Gasteiger partial charge in [0.05, 0.1) is 11.6 Å². The van der Waals surface area contributed by atoms with Crippen LogP contribution in [0.3, 0.4) is 0 Å². The maximum Gasteiger partial charge on any atom is 0.254 e. The monoisotopic (exact) mass is 353 g/mol. The Morgan fingerprint density at radius 3 is 2.36 bits per heavy atom. The minimum Gasteiger partial charge on any atom is -0.349 e. The first-order valence-corrected chi connectivity index (χ1v) is 8.40. The van der Waals surface area contributed by atoms with Crippen molar-refractivity contribution >= 4 is 11.8 Å². The number of nitrogens with two attached hydrogens (primary N) is 1. The lowest BCUT2D eigenvalue weighted by Gasteiger charge is -2.36. The molecule has 1 aliphatic rings. The molecule has 1 heterocycles. The number of nitrogens with one attached hydrogen (secondary N) is 1. The van der Waals surface area contributed by atoms with Crippen molar-refractivity contribution in [1.29, 1.82) is 0 Å².